The predicted molar refractivity (Wildman–Crippen MR) is 85.3 cm³/mol. The van der Waals surface area contributed by atoms with Gasteiger partial charge in [0, 0.05) is 17.7 Å². The third kappa shape index (κ3) is 2.65. The standard InChI is InChI=1S/C18H22N2O2/c1-4-11-5-7-12(8-6-11)16-15-13(19-17(22)20-16)9-18(2,3)10-14(15)21/h5-8,16H,4,9-10H2,1-3H3,(H2,19,20,22)/t16-/m0/s1. The summed E-state index contributed by atoms with van der Waals surface area (Å²) in [6, 6.07) is 7.56. The van der Waals surface area contributed by atoms with Crippen LogP contribution in [0.1, 0.15) is 50.8 Å². The van der Waals surface area contributed by atoms with Gasteiger partial charge in [0.05, 0.1) is 6.04 Å². The lowest BCUT2D eigenvalue weighted by molar-refractivity contribution is -0.118. The molecular weight excluding hydrogens is 276 g/mol. The van der Waals surface area contributed by atoms with E-state index in [4.69, 9.17) is 0 Å². The molecule has 116 valence electrons. The number of allylic oxidation sites excluding steroid dienone is 1. The Hall–Kier alpha value is -2.10. The largest absolute Gasteiger partial charge is 0.327 e. The second-order valence-corrected chi connectivity index (χ2v) is 6.96. The molecule has 4 nitrogen and oxygen atoms in total. The molecule has 3 rings (SSSR count). The summed E-state index contributed by atoms with van der Waals surface area (Å²) in [7, 11) is 0. The van der Waals surface area contributed by atoms with Crippen LogP contribution in [-0.2, 0) is 11.2 Å². The summed E-state index contributed by atoms with van der Waals surface area (Å²) in [6.45, 7) is 6.23. The first-order chi connectivity index (χ1) is 10.4. The fourth-order valence-corrected chi connectivity index (χ4v) is 3.35. The number of urea groups is 1. The molecular formula is C18H22N2O2. The van der Waals surface area contributed by atoms with E-state index >= 15 is 0 Å². The molecule has 1 aromatic carbocycles. The Morgan fingerprint density at radius 3 is 2.45 bits per heavy atom. The smallest absolute Gasteiger partial charge is 0.319 e. The molecule has 0 fully saturated rings. The van der Waals surface area contributed by atoms with Gasteiger partial charge >= 0.3 is 6.03 Å². The summed E-state index contributed by atoms with van der Waals surface area (Å²) in [5, 5.41) is 5.73. The molecule has 1 aliphatic carbocycles. The van der Waals surface area contributed by atoms with Crippen LogP contribution in [-0.4, -0.2) is 11.8 Å². The highest BCUT2D eigenvalue weighted by molar-refractivity contribution is 6.01. The van der Waals surface area contributed by atoms with E-state index in [1.54, 1.807) is 0 Å². The van der Waals surface area contributed by atoms with Gasteiger partial charge in [-0.3, -0.25) is 4.79 Å². The fourth-order valence-electron chi connectivity index (χ4n) is 3.35. The van der Waals surface area contributed by atoms with Gasteiger partial charge in [0.25, 0.3) is 0 Å². The van der Waals surface area contributed by atoms with Crippen molar-refractivity contribution in [2.45, 2.75) is 46.1 Å². The summed E-state index contributed by atoms with van der Waals surface area (Å²) < 4.78 is 0. The lowest BCUT2D eigenvalue weighted by Gasteiger charge is -2.38. The molecule has 0 radical (unpaired) electrons. The zero-order valence-electron chi connectivity index (χ0n) is 13.3. The molecule has 0 aromatic heterocycles. The highest BCUT2D eigenvalue weighted by atomic mass is 16.2. The number of carbonyl (C=O) groups excluding carboxylic acids is 2. The van der Waals surface area contributed by atoms with E-state index in [-0.39, 0.29) is 23.3 Å². The van der Waals surface area contributed by atoms with Crippen molar-refractivity contribution >= 4 is 11.8 Å². The number of benzene rings is 1. The lowest BCUT2D eigenvalue weighted by Crippen LogP contribution is -2.48. The summed E-state index contributed by atoms with van der Waals surface area (Å²) in [5.41, 5.74) is 3.62. The molecule has 2 aliphatic rings. The van der Waals surface area contributed by atoms with Crippen molar-refractivity contribution in [1.29, 1.82) is 0 Å². The monoisotopic (exact) mass is 298 g/mol. The van der Waals surface area contributed by atoms with Crippen LogP contribution in [0.4, 0.5) is 4.79 Å². The first-order valence-corrected chi connectivity index (χ1v) is 7.82. The molecule has 0 bridgehead atoms. The van der Waals surface area contributed by atoms with Crippen molar-refractivity contribution in [2.75, 3.05) is 0 Å². The van der Waals surface area contributed by atoms with Gasteiger partial charge in [-0.15, -0.1) is 0 Å². The van der Waals surface area contributed by atoms with Crippen LogP contribution in [0, 0.1) is 5.41 Å². The van der Waals surface area contributed by atoms with Crippen molar-refractivity contribution in [2.24, 2.45) is 5.41 Å². The van der Waals surface area contributed by atoms with E-state index in [0.29, 0.717) is 6.42 Å². The SMILES string of the molecule is CCc1ccc([C@@H]2NC(=O)NC3=C2C(=O)CC(C)(C)C3)cc1. The van der Waals surface area contributed by atoms with Crippen LogP contribution in [0.3, 0.4) is 0 Å². The van der Waals surface area contributed by atoms with Gasteiger partial charge in [-0.05, 0) is 29.4 Å². The first kappa shape index (κ1) is 14.8. The van der Waals surface area contributed by atoms with Crippen LogP contribution >= 0.6 is 0 Å². The third-order valence-electron chi connectivity index (χ3n) is 4.47. The van der Waals surface area contributed by atoms with Crippen molar-refractivity contribution in [3.63, 3.8) is 0 Å². The normalized spacial score (nSPS) is 23.7. The third-order valence-corrected chi connectivity index (χ3v) is 4.47. The minimum atomic E-state index is -0.335. The average molecular weight is 298 g/mol. The fraction of sp³-hybridized carbons (Fsp3) is 0.444. The number of amides is 2. The van der Waals surface area contributed by atoms with Gasteiger partial charge < -0.3 is 10.6 Å². The molecule has 0 spiro atoms. The van der Waals surface area contributed by atoms with E-state index < -0.39 is 0 Å². The van der Waals surface area contributed by atoms with E-state index in [1.807, 2.05) is 12.1 Å². The number of hydrogen-bond donors (Lipinski definition) is 2. The van der Waals surface area contributed by atoms with Crippen LogP contribution in [0.25, 0.3) is 0 Å². The number of aryl methyl sites for hydroxylation is 1. The predicted octanol–water partition coefficient (Wildman–Crippen LogP) is 3.25. The summed E-state index contributed by atoms with van der Waals surface area (Å²) >= 11 is 0. The molecule has 1 heterocycles. The van der Waals surface area contributed by atoms with Gasteiger partial charge in [0.2, 0.25) is 0 Å². The van der Waals surface area contributed by atoms with Gasteiger partial charge in [-0.2, -0.15) is 0 Å². The van der Waals surface area contributed by atoms with Crippen molar-refractivity contribution < 1.29 is 9.59 Å². The van der Waals surface area contributed by atoms with Crippen LogP contribution in [0.5, 0.6) is 0 Å². The lowest BCUT2D eigenvalue weighted by atomic mass is 9.73. The zero-order valence-corrected chi connectivity index (χ0v) is 13.3. The highest BCUT2D eigenvalue weighted by Crippen LogP contribution is 2.41. The Bertz CT molecular complexity index is 656. The Kier molecular flexibility index (Phi) is 3.55. The van der Waals surface area contributed by atoms with Crippen LogP contribution in [0.2, 0.25) is 0 Å². The van der Waals surface area contributed by atoms with Crippen molar-refractivity contribution in [1.82, 2.24) is 10.6 Å². The molecule has 0 saturated heterocycles. The van der Waals surface area contributed by atoms with Crippen molar-refractivity contribution in [3.05, 3.63) is 46.7 Å². The highest BCUT2D eigenvalue weighted by Gasteiger charge is 2.40. The molecule has 1 aromatic rings. The maximum absolute atomic E-state index is 12.6. The summed E-state index contributed by atoms with van der Waals surface area (Å²) in [5.74, 6) is 0.128. The Morgan fingerprint density at radius 2 is 1.82 bits per heavy atom. The number of ketones is 1. The van der Waals surface area contributed by atoms with Gasteiger partial charge in [-0.25, -0.2) is 4.79 Å². The molecule has 1 atom stereocenters. The first-order valence-electron chi connectivity index (χ1n) is 7.82. The number of rotatable bonds is 2. The Labute approximate surface area is 131 Å². The van der Waals surface area contributed by atoms with Crippen LogP contribution < -0.4 is 10.6 Å². The Balaban J connectivity index is 2.02. The minimum Gasteiger partial charge on any atom is -0.327 e. The molecule has 1 aliphatic heterocycles. The van der Waals surface area contributed by atoms with Gasteiger partial charge in [0.15, 0.2) is 5.78 Å². The molecule has 4 heteroatoms. The molecule has 0 unspecified atom stereocenters. The van der Waals surface area contributed by atoms with E-state index in [2.05, 4.69) is 43.5 Å². The molecule has 0 saturated carbocycles. The van der Waals surface area contributed by atoms with Gasteiger partial charge in [-0.1, -0.05) is 45.0 Å². The maximum Gasteiger partial charge on any atom is 0.319 e. The van der Waals surface area contributed by atoms with Gasteiger partial charge in [0.1, 0.15) is 0 Å². The Morgan fingerprint density at radius 1 is 1.14 bits per heavy atom. The topological polar surface area (TPSA) is 58.2 Å². The molecule has 2 amide bonds. The number of hydrogen-bond acceptors (Lipinski definition) is 2. The molecule has 2 N–H and O–H groups in total. The number of nitrogens with one attached hydrogen (secondary N) is 2. The van der Waals surface area contributed by atoms with Crippen molar-refractivity contribution in [3.8, 4) is 0 Å². The second kappa shape index (κ2) is 5.27. The second-order valence-electron chi connectivity index (χ2n) is 6.96. The zero-order chi connectivity index (χ0) is 15.9. The van der Waals surface area contributed by atoms with E-state index in [9.17, 15) is 9.59 Å². The maximum atomic E-state index is 12.6. The number of Topliss-reactive ketones (excluding diaryl/α,β-unsaturated/α-hetero) is 1. The quantitative estimate of drug-likeness (QED) is 0.880. The van der Waals surface area contributed by atoms with E-state index in [0.717, 1.165) is 29.7 Å². The molecule has 22 heavy (non-hydrogen) atoms. The minimum absolute atomic E-state index is 0.100. The number of carbonyl (C=O) groups is 2. The summed E-state index contributed by atoms with van der Waals surface area (Å²) in [6.07, 6.45) is 2.22. The van der Waals surface area contributed by atoms with E-state index in [1.165, 1.54) is 5.56 Å². The summed E-state index contributed by atoms with van der Waals surface area (Å²) in [4.78, 5) is 24.6. The van der Waals surface area contributed by atoms with Crippen LogP contribution in [0.15, 0.2) is 35.5 Å². The average Bonchev–Trinajstić information content (AvgIpc) is 2.44.